The van der Waals surface area contributed by atoms with Crippen molar-refractivity contribution in [3.05, 3.63) is 65.7 Å². The van der Waals surface area contributed by atoms with E-state index in [0.29, 0.717) is 10.9 Å². The molecule has 1 fully saturated rings. The Labute approximate surface area is 164 Å². The van der Waals surface area contributed by atoms with Crippen molar-refractivity contribution in [2.75, 3.05) is 5.32 Å². The fourth-order valence-electron chi connectivity index (χ4n) is 2.35. The van der Waals surface area contributed by atoms with Crippen molar-refractivity contribution in [1.82, 2.24) is 5.32 Å². The van der Waals surface area contributed by atoms with Gasteiger partial charge < -0.3 is 15.7 Å². The second-order valence-electron chi connectivity index (χ2n) is 5.79. The molecule has 1 heterocycles. The van der Waals surface area contributed by atoms with Crippen molar-refractivity contribution in [3.63, 3.8) is 0 Å². The molecule has 3 N–H and O–H groups in total. The molecule has 2 amide bonds. The van der Waals surface area contributed by atoms with Crippen LogP contribution in [0.15, 0.2) is 64.8 Å². The maximum Gasteiger partial charge on any atom is 0.335 e. The summed E-state index contributed by atoms with van der Waals surface area (Å²) in [5.74, 6) is -1.71. The third-order valence-electron chi connectivity index (χ3n) is 3.72. The topological polar surface area (TPSA) is 120 Å². The number of aromatic carboxylic acids is 1. The maximum atomic E-state index is 12.1. The van der Waals surface area contributed by atoms with Crippen LogP contribution in [0.4, 0.5) is 5.69 Å². The van der Waals surface area contributed by atoms with Crippen molar-refractivity contribution in [3.8, 4) is 0 Å². The molecule has 3 rings (SSSR count). The summed E-state index contributed by atoms with van der Waals surface area (Å²) in [6.07, 6.45) is 1.53. The molecule has 0 aromatic heterocycles. The first-order valence-electron chi connectivity index (χ1n) is 8.28. The van der Waals surface area contributed by atoms with E-state index in [1.54, 1.807) is 6.21 Å². The van der Waals surface area contributed by atoms with Crippen molar-refractivity contribution in [2.24, 2.45) is 10.2 Å². The van der Waals surface area contributed by atoms with E-state index in [0.717, 1.165) is 17.3 Å². The summed E-state index contributed by atoms with van der Waals surface area (Å²) in [4.78, 5) is 35.0. The summed E-state index contributed by atoms with van der Waals surface area (Å²) in [5, 5.41) is 21.7. The van der Waals surface area contributed by atoms with Crippen molar-refractivity contribution >= 4 is 46.6 Å². The number of carbonyl (C=O) groups excluding carboxylic acids is 2. The van der Waals surface area contributed by atoms with E-state index in [4.69, 9.17) is 5.11 Å². The fourth-order valence-corrected chi connectivity index (χ4v) is 3.27. The SMILES string of the molecule is O=C(CC1S/C(=N\N=Cc2ccccc2)NC1=O)Nc1ccc(C(=O)O)cc1. The minimum atomic E-state index is -1.04. The lowest BCUT2D eigenvalue weighted by Crippen LogP contribution is -2.28. The molecule has 1 saturated heterocycles. The Balaban J connectivity index is 1.53. The molecule has 1 unspecified atom stereocenters. The van der Waals surface area contributed by atoms with Crippen LogP contribution in [0.3, 0.4) is 0 Å². The zero-order chi connectivity index (χ0) is 19.9. The van der Waals surface area contributed by atoms with Crippen LogP contribution in [-0.2, 0) is 9.59 Å². The average Bonchev–Trinajstić information content (AvgIpc) is 3.02. The highest BCUT2D eigenvalue weighted by atomic mass is 32.2. The maximum absolute atomic E-state index is 12.1. The molecule has 0 radical (unpaired) electrons. The number of amidine groups is 1. The van der Waals surface area contributed by atoms with Gasteiger partial charge in [-0.15, -0.1) is 5.10 Å². The third kappa shape index (κ3) is 5.27. The molecule has 0 aliphatic carbocycles. The molecule has 1 aliphatic rings. The Kier molecular flexibility index (Phi) is 6.18. The Hall–Kier alpha value is -3.46. The van der Waals surface area contributed by atoms with E-state index in [1.165, 1.54) is 24.3 Å². The summed E-state index contributed by atoms with van der Waals surface area (Å²) < 4.78 is 0. The highest BCUT2D eigenvalue weighted by Gasteiger charge is 2.32. The largest absolute Gasteiger partial charge is 0.478 e. The van der Waals surface area contributed by atoms with Crippen LogP contribution >= 0.6 is 11.8 Å². The van der Waals surface area contributed by atoms with Gasteiger partial charge in [-0.2, -0.15) is 5.10 Å². The predicted octanol–water partition coefficient (Wildman–Crippen LogP) is 2.34. The Morgan fingerprint density at radius 2 is 1.86 bits per heavy atom. The van der Waals surface area contributed by atoms with Crippen LogP contribution < -0.4 is 10.6 Å². The molecule has 0 bridgehead atoms. The van der Waals surface area contributed by atoms with Gasteiger partial charge in [-0.05, 0) is 29.8 Å². The van der Waals surface area contributed by atoms with E-state index < -0.39 is 11.2 Å². The highest BCUT2D eigenvalue weighted by molar-refractivity contribution is 8.15. The van der Waals surface area contributed by atoms with E-state index >= 15 is 0 Å². The van der Waals surface area contributed by atoms with Gasteiger partial charge in [0.15, 0.2) is 5.17 Å². The number of anilines is 1. The number of benzene rings is 2. The molecule has 28 heavy (non-hydrogen) atoms. The molecule has 0 saturated carbocycles. The molecule has 2 aromatic carbocycles. The molecule has 0 spiro atoms. The lowest BCUT2D eigenvalue weighted by Gasteiger charge is -2.07. The quantitative estimate of drug-likeness (QED) is 0.511. The minimum absolute atomic E-state index is 0.0431. The number of rotatable bonds is 6. The number of hydrogen-bond acceptors (Lipinski definition) is 6. The number of carbonyl (C=O) groups is 3. The van der Waals surface area contributed by atoms with Crippen LogP contribution in [0.1, 0.15) is 22.3 Å². The van der Waals surface area contributed by atoms with Crippen LogP contribution in [0.5, 0.6) is 0 Å². The van der Waals surface area contributed by atoms with Crippen molar-refractivity contribution in [1.29, 1.82) is 0 Å². The van der Waals surface area contributed by atoms with Crippen LogP contribution in [0.2, 0.25) is 0 Å². The normalized spacial score (nSPS) is 17.6. The standard InChI is InChI=1S/C19H16N4O4S/c24-16(21-14-8-6-13(7-9-14)18(26)27)10-15-17(25)22-19(28-15)23-20-11-12-4-2-1-3-5-12/h1-9,11,15H,10H2,(H,21,24)(H,26,27)(H,22,23,25). The second-order valence-corrected chi connectivity index (χ2v) is 6.98. The predicted molar refractivity (Wildman–Crippen MR) is 108 cm³/mol. The molecular formula is C19H16N4O4S. The average molecular weight is 396 g/mol. The van der Waals surface area contributed by atoms with Gasteiger partial charge in [-0.25, -0.2) is 4.79 Å². The van der Waals surface area contributed by atoms with E-state index in [-0.39, 0.29) is 23.8 Å². The fraction of sp³-hybridized carbons (Fsp3) is 0.105. The lowest BCUT2D eigenvalue weighted by atomic mass is 10.2. The van der Waals surface area contributed by atoms with Gasteiger partial charge in [0.1, 0.15) is 5.25 Å². The first-order valence-corrected chi connectivity index (χ1v) is 9.16. The molecule has 9 heteroatoms. The Bertz CT molecular complexity index is 942. The molecule has 1 aliphatic heterocycles. The summed E-state index contributed by atoms with van der Waals surface area (Å²) in [6.45, 7) is 0. The lowest BCUT2D eigenvalue weighted by molar-refractivity contribution is -0.122. The summed E-state index contributed by atoms with van der Waals surface area (Å²) in [5.41, 5.74) is 1.46. The minimum Gasteiger partial charge on any atom is -0.478 e. The van der Waals surface area contributed by atoms with Gasteiger partial charge in [0.05, 0.1) is 11.8 Å². The number of thioether (sulfide) groups is 1. The number of hydrogen-bond donors (Lipinski definition) is 3. The molecular weight excluding hydrogens is 380 g/mol. The Morgan fingerprint density at radius 3 is 2.54 bits per heavy atom. The first-order chi connectivity index (χ1) is 13.5. The Morgan fingerprint density at radius 1 is 1.14 bits per heavy atom. The van der Waals surface area contributed by atoms with Gasteiger partial charge in [-0.1, -0.05) is 42.1 Å². The van der Waals surface area contributed by atoms with Crippen molar-refractivity contribution < 1.29 is 19.5 Å². The number of nitrogens with one attached hydrogen (secondary N) is 2. The summed E-state index contributed by atoms with van der Waals surface area (Å²) in [6, 6.07) is 15.2. The number of nitrogens with zero attached hydrogens (tertiary/aromatic N) is 2. The van der Waals surface area contributed by atoms with E-state index in [1.807, 2.05) is 30.3 Å². The number of carboxylic acids is 1. The van der Waals surface area contributed by atoms with Crippen molar-refractivity contribution in [2.45, 2.75) is 11.7 Å². The zero-order valence-corrected chi connectivity index (χ0v) is 15.3. The van der Waals surface area contributed by atoms with Gasteiger partial charge in [0.25, 0.3) is 0 Å². The summed E-state index contributed by atoms with van der Waals surface area (Å²) >= 11 is 1.14. The summed E-state index contributed by atoms with van der Waals surface area (Å²) in [7, 11) is 0. The van der Waals surface area contributed by atoms with Crippen LogP contribution in [-0.4, -0.2) is 39.5 Å². The van der Waals surface area contributed by atoms with Gasteiger partial charge in [0.2, 0.25) is 11.8 Å². The molecule has 8 nitrogen and oxygen atoms in total. The number of carboxylic acid groups (broad SMARTS) is 1. The third-order valence-corrected chi connectivity index (χ3v) is 4.79. The first kappa shape index (κ1) is 19.3. The smallest absolute Gasteiger partial charge is 0.335 e. The second kappa shape index (κ2) is 8.96. The van der Waals surface area contributed by atoms with Gasteiger partial charge in [0, 0.05) is 12.1 Å². The van der Waals surface area contributed by atoms with Crippen LogP contribution in [0.25, 0.3) is 0 Å². The highest BCUT2D eigenvalue weighted by Crippen LogP contribution is 2.23. The molecule has 2 aromatic rings. The molecule has 142 valence electrons. The van der Waals surface area contributed by atoms with Gasteiger partial charge >= 0.3 is 5.97 Å². The van der Waals surface area contributed by atoms with E-state index in [2.05, 4.69) is 20.8 Å². The number of amides is 2. The monoisotopic (exact) mass is 396 g/mol. The molecule has 1 atom stereocenters. The van der Waals surface area contributed by atoms with Gasteiger partial charge in [-0.3, -0.25) is 9.59 Å². The van der Waals surface area contributed by atoms with E-state index in [9.17, 15) is 14.4 Å². The zero-order valence-electron chi connectivity index (χ0n) is 14.5. The van der Waals surface area contributed by atoms with Crippen LogP contribution in [0, 0.1) is 0 Å².